The number of rotatable bonds is 4. The summed E-state index contributed by atoms with van der Waals surface area (Å²) in [4.78, 5) is 5.84. The number of benzene rings is 2. The molecule has 0 amide bonds. The second-order valence-corrected chi connectivity index (χ2v) is 6.43. The lowest BCUT2D eigenvalue weighted by molar-refractivity contribution is 0.415. The van der Waals surface area contributed by atoms with E-state index in [9.17, 15) is 0 Å². The Morgan fingerprint density at radius 3 is 2.64 bits per heavy atom. The van der Waals surface area contributed by atoms with E-state index in [1.54, 1.807) is 18.4 Å². The van der Waals surface area contributed by atoms with Crippen molar-refractivity contribution < 1.29 is 4.74 Å². The van der Waals surface area contributed by atoms with E-state index in [1.807, 2.05) is 48.5 Å². The van der Waals surface area contributed by atoms with E-state index < -0.39 is 0 Å². The molecule has 1 heterocycles. The monoisotopic (exact) mass is 330 g/mol. The maximum Gasteiger partial charge on any atom is 0.187 e. The molecule has 112 valence electrons. The molecule has 2 aromatic carbocycles. The summed E-state index contributed by atoms with van der Waals surface area (Å²) >= 11 is 7.56. The Kier molecular flexibility index (Phi) is 4.32. The van der Waals surface area contributed by atoms with Gasteiger partial charge in [-0.2, -0.15) is 0 Å². The summed E-state index contributed by atoms with van der Waals surface area (Å²) in [6.07, 6.45) is 0. The van der Waals surface area contributed by atoms with Gasteiger partial charge >= 0.3 is 0 Å². The molecule has 0 bridgehead atoms. The van der Waals surface area contributed by atoms with Gasteiger partial charge in [-0.3, -0.25) is 0 Å². The van der Waals surface area contributed by atoms with Gasteiger partial charge in [-0.1, -0.05) is 29.8 Å². The van der Waals surface area contributed by atoms with Gasteiger partial charge in [0.2, 0.25) is 0 Å². The smallest absolute Gasteiger partial charge is 0.187 e. The SMILES string of the molecule is COc1cccc(Nc2nc(-c3ccc(Cl)cc3)c(C)s2)c1. The third-order valence-corrected chi connectivity index (χ3v) is 4.37. The summed E-state index contributed by atoms with van der Waals surface area (Å²) in [5.41, 5.74) is 3.00. The lowest BCUT2D eigenvalue weighted by atomic mass is 10.1. The molecule has 0 aliphatic rings. The number of hydrogen-bond donors (Lipinski definition) is 1. The molecule has 5 heteroatoms. The molecular formula is C17H15ClN2OS. The van der Waals surface area contributed by atoms with Crippen LogP contribution < -0.4 is 10.1 Å². The Morgan fingerprint density at radius 1 is 1.14 bits per heavy atom. The molecular weight excluding hydrogens is 316 g/mol. The molecule has 0 fully saturated rings. The average Bonchev–Trinajstić information content (AvgIpc) is 2.89. The van der Waals surface area contributed by atoms with E-state index in [2.05, 4.69) is 17.2 Å². The Bertz CT molecular complexity index is 784. The van der Waals surface area contributed by atoms with Crippen molar-refractivity contribution in [3.05, 3.63) is 58.4 Å². The first kappa shape index (κ1) is 14.9. The van der Waals surface area contributed by atoms with Gasteiger partial charge in [0, 0.05) is 27.2 Å². The summed E-state index contributed by atoms with van der Waals surface area (Å²) in [5, 5.41) is 4.91. The van der Waals surface area contributed by atoms with Crippen LogP contribution in [0.4, 0.5) is 10.8 Å². The number of aromatic nitrogens is 1. The van der Waals surface area contributed by atoms with Crippen LogP contribution >= 0.6 is 22.9 Å². The van der Waals surface area contributed by atoms with Crippen LogP contribution in [0.3, 0.4) is 0 Å². The number of thiazole rings is 1. The second-order valence-electron chi connectivity index (χ2n) is 4.79. The molecule has 1 N–H and O–H groups in total. The summed E-state index contributed by atoms with van der Waals surface area (Å²) in [6, 6.07) is 15.5. The van der Waals surface area contributed by atoms with Gasteiger partial charge in [0.25, 0.3) is 0 Å². The van der Waals surface area contributed by atoms with E-state index in [0.717, 1.165) is 37.7 Å². The molecule has 0 saturated heterocycles. The van der Waals surface area contributed by atoms with Gasteiger partial charge in [0.1, 0.15) is 5.75 Å². The molecule has 3 rings (SSSR count). The molecule has 0 aliphatic carbocycles. The highest BCUT2D eigenvalue weighted by molar-refractivity contribution is 7.16. The summed E-state index contributed by atoms with van der Waals surface area (Å²) in [7, 11) is 1.66. The Hall–Kier alpha value is -2.04. The lowest BCUT2D eigenvalue weighted by Gasteiger charge is -2.04. The molecule has 0 aliphatic heterocycles. The standard InChI is InChI=1S/C17H15ClN2OS/c1-11-16(12-6-8-13(18)9-7-12)20-17(22-11)19-14-4-3-5-15(10-14)21-2/h3-10H,1-2H3,(H,19,20). The first-order valence-corrected chi connectivity index (χ1v) is 7.99. The van der Waals surface area contributed by atoms with E-state index >= 15 is 0 Å². The summed E-state index contributed by atoms with van der Waals surface area (Å²) < 4.78 is 5.23. The minimum absolute atomic E-state index is 0.728. The van der Waals surface area contributed by atoms with Crippen LogP contribution in [-0.4, -0.2) is 12.1 Å². The van der Waals surface area contributed by atoms with Crippen LogP contribution in [0.15, 0.2) is 48.5 Å². The van der Waals surface area contributed by atoms with Gasteiger partial charge in [-0.05, 0) is 31.2 Å². The van der Waals surface area contributed by atoms with Crippen LogP contribution in [0.1, 0.15) is 4.88 Å². The molecule has 1 aromatic heterocycles. The molecule has 3 nitrogen and oxygen atoms in total. The van der Waals surface area contributed by atoms with E-state index in [0.29, 0.717) is 0 Å². The van der Waals surface area contributed by atoms with Crippen molar-refractivity contribution in [2.24, 2.45) is 0 Å². The fourth-order valence-corrected chi connectivity index (χ4v) is 3.13. The quantitative estimate of drug-likeness (QED) is 0.683. The number of anilines is 2. The lowest BCUT2D eigenvalue weighted by Crippen LogP contribution is -1.90. The molecule has 0 spiro atoms. The molecule has 0 radical (unpaired) electrons. The zero-order valence-corrected chi connectivity index (χ0v) is 13.8. The van der Waals surface area contributed by atoms with Crippen molar-refractivity contribution >= 4 is 33.8 Å². The highest BCUT2D eigenvalue weighted by atomic mass is 35.5. The second kappa shape index (κ2) is 6.38. The van der Waals surface area contributed by atoms with Gasteiger partial charge in [0.05, 0.1) is 12.8 Å². The fourth-order valence-electron chi connectivity index (χ4n) is 2.15. The molecule has 0 atom stereocenters. The maximum atomic E-state index is 5.94. The molecule has 0 saturated carbocycles. The van der Waals surface area contributed by atoms with E-state index in [1.165, 1.54) is 0 Å². The summed E-state index contributed by atoms with van der Waals surface area (Å²) in [6.45, 7) is 2.07. The van der Waals surface area contributed by atoms with Crippen LogP contribution in [0.2, 0.25) is 5.02 Å². The minimum atomic E-state index is 0.728. The molecule has 22 heavy (non-hydrogen) atoms. The van der Waals surface area contributed by atoms with Crippen molar-refractivity contribution in [2.75, 3.05) is 12.4 Å². The van der Waals surface area contributed by atoms with E-state index in [-0.39, 0.29) is 0 Å². The number of aryl methyl sites for hydroxylation is 1. The number of hydrogen-bond acceptors (Lipinski definition) is 4. The van der Waals surface area contributed by atoms with Gasteiger partial charge in [0.15, 0.2) is 5.13 Å². The average molecular weight is 331 g/mol. The molecule has 0 unspecified atom stereocenters. The van der Waals surface area contributed by atoms with Gasteiger partial charge < -0.3 is 10.1 Å². The van der Waals surface area contributed by atoms with Crippen LogP contribution in [0.25, 0.3) is 11.3 Å². The number of nitrogens with zero attached hydrogens (tertiary/aromatic N) is 1. The van der Waals surface area contributed by atoms with Crippen molar-refractivity contribution in [3.8, 4) is 17.0 Å². The number of ether oxygens (including phenoxy) is 1. The first-order valence-electron chi connectivity index (χ1n) is 6.80. The minimum Gasteiger partial charge on any atom is -0.497 e. The van der Waals surface area contributed by atoms with Crippen molar-refractivity contribution in [2.45, 2.75) is 6.92 Å². The van der Waals surface area contributed by atoms with E-state index in [4.69, 9.17) is 16.3 Å². The Morgan fingerprint density at radius 2 is 1.91 bits per heavy atom. The first-order chi connectivity index (χ1) is 10.7. The largest absolute Gasteiger partial charge is 0.497 e. The zero-order chi connectivity index (χ0) is 15.5. The topological polar surface area (TPSA) is 34.1 Å². The fraction of sp³-hybridized carbons (Fsp3) is 0.118. The van der Waals surface area contributed by atoms with Crippen LogP contribution in [-0.2, 0) is 0 Å². The Balaban J connectivity index is 1.87. The number of halogens is 1. The van der Waals surface area contributed by atoms with Gasteiger partial charge in [-0.15, -0.1) is 11.3 Å². The highest BCUT2D eigenvalue weighted by Gasteiger charge is 2.10. The summed E-state index contributed by atoms with van der Waals surface area (Å²) in [5.74, 6) is 0.816. The van der Waals surface area contributed by atoms with Gasteiger partial charge in [-0.25, -0.2) is 4.98 Å². The van der Waals surface area contributed by atoms with Crippen LogP contribution in [0, 0.1) is 6.92 Å². The predicted molar refractivity (Wildman–Crippen MR) is 93.6 cm³/mol. The zero-order valence-electron chi connectivity index (χ0n) is 12.3. The Labute approximate surface area is 138 Å². The van der Waals surface area contributed by atoms with Crippen molar-refractivity contribution in [1.82, 2.24) is 4.98 Å². The molecule has 3 aromatic rings. The third-order valence-electron chi connectivity index (χ3n) is 3.24. The maximum absolute atomic E-state index is 5.94. The predicted octanol–water partition coefficient (Wildman–Crippen LogP) is 5.52. The van der Waals surface area contributed by atoms with Crippen LogP contribution in [0.5, 0.6) is 5.75 Å². The highest BCUT2D eigenvalue weighted by Crippen LogP contribution is 2.33. The number of methoxy groups -OCH3 is 1. The van der Waals surface area contributed by atoms with Crippen molar-refractivity contribution in [1.29, 1.82) is 0 Å². The number of nitrogens with one attached hydrogen (secondary N) is 1. The normalized spacial score (nSPS) is 10.5. The third kappa shape index (κ3) is 3.24. The van der Waals surface area contributed by atoms with Crippen molar-refractivity contribution in [3.63, 3.8) is 0 Å².